The monoisotopic (exact) mass is 261 g/mol. The molecule has 1 heterocycles. The van der Waals surface area contributed by atoms with Gasteiger partial charge in [-0.2, -0.15) is 0 Å². The van der Waals surface area contributed by atoms with Gasteiger partial charge >= 0.3 is 5.97 Å². The van der Waals surface area contributed by atoms with Gasteiger partial charge in [0, 0.05) is 18.9 Å². The van der Waals surface area contributed by atoms with Crippen LogP contribution in [0, 0.1) is 11.8 Å². The molecule has 2 fully saturated rings. The third-order valence-corrected chi connectivity index (χ3v) is 4.30. The summed E-state index contributed by atoms with van der Waals surface area (Å²) in [6.45, 7) is 0.727. The Labute approximate surface area is 106 Å². The third-order valence-electron chi connectivity index (χ3n) is 4.30. The molecule has 0 aromatic rings. The number of carboxylic acid groups (broad SMARTS) is 1. The van der Waals surface area contributed by atoms with Crippen LogP contribution in [0.25, 0.3) is 0 Å². The first-order chi connectivity index (χ1) is 8.46. The topological polar surface area (TPSA) is 49.3 Å². The Morgan fingerprint density at radius 3 is 2.56 bits per heavy atom. The molecule has 0 spiro atoms. The third kappa shape index (κ3) is 3.64. The molecule has 0 bridgehead atoms. The van der Waals surface area contributed by atoms with E-state index in [9.17, 15) is 13.6 Å². The van der Waals surface area contributed by atoms with Crippen LogP contribution >= 0.6 is 0 Å². The van der Waals surface area contributed by atoms with Crippen LogP contribution in [0.3, 0.4) is 0 Å². The van der Waals surface area contributed by atoms with E-state index in [-0.39, 0.29) is 24.8 Å². The number of carbonyl (C=O) groups is 1. The van der Waals surface area contributed by atoms with Crippen LogP contribution in [0.2, 0.25) is 0 Å². The number of rotatable bonds is 3. The summed E-state index contributed by atoms with van der Waals surface area (Å²) in [7, 11) is 0. The van der Waals surface area contributed by atoms with Crippen molar-refractivity contribution in [1.82, 2.24) is 5.32 Å². The molecule has 0 aromatic carbocycles. The van der Waals surface area contributed by atoms with E-state index in [0.29, 0.717) is 31.6 Å². The van der Waals surface area contributed by atoms with Gasteiger partial charge in [0.25, 0.3) is 0 Å². The molecule has 3 nitrogen and oxygen atoms in total. The lowest BCUT2D eigenvalue weighted by Crippen LogP contribution is -2.42. The zero-order valence-electron chi connectivity index (χ0n) is 10.5. The summed E-state index contributed by atoms with van der Waals surface area (Å²) in [5, 5.41) is 12.3. The van der Waals surface area contributed by atoms with E-state index in [1.54, 1.807) is 0 Å². The van der Waals surface area contributed by atoms with E-state index in [4.69, 9.17) is 5.11 Å². The highest BCUT2D eigenvalue weighted by molar-refractivity contribution is 5.70. The minimum Gasteiger partial charge on any atom is -0.481 e. The molecule has 2 aliphatic rings. The van der Waals surface area contributed by atoms with Crippen LogP contribution in [0.15, 0.2) is 0 Å². The average Bonchev–Trinajstić information content (AvgIpc) is 2.32. The van der Waals surface area contributed by atoms with Gasteiger partial charge in [0.05, 0.1) is 5.92 Å². The van der Waals surface area contributed by atoms with Gasteiger partial charge < -0.3 is 10.4 Å². The fourth-order valence-corrected chi connectivity index (χ4v) is 3.15. The highest BCUT2D eigenvalue weighted by Gasteiger charge is 2.36. The summed E-state index contributed by atoms with van der Waals surface area (Å²) in [4.78, 5) is 11.0. The van der Waals surface area contributed by atoms with Gasteiger partial charge in [-0.1, -0.05) is 0 Å². The Kier molecular flexibility index (Phi) is 4.20. The molecule has 18 heavy (non-hydrogen) atoms. The first kappa shape index (κ1) is 13.7. The standard InChI is InChI=1S/C13H21F2NO2/c14-13(15)4-1-9(2-5-13)7-11-8-10(12(17)18)3-6-16-11/h9-11,16H,1-8H2,(H,17,18). The van der Waals surface area contributed by atoms with Gasteiger partial charge in [0.2, 0.25) is 5.92 Å². The maximum atomic E-state index is 13.0. The van der Waals surface area contributed by atoms with Gasteiger partial charge in [0.15, 0.2) is 0 Å². The molecule has 104 valence electrons. The molecule has 1 aliphatic carbocycles. The highest BCUT2D eigenvalue weighted by atomic mass is 19.3. The van der Waals surface area contributed by atoms with Crippen LogP contribution in [0.5, 0.6) is 0 Å². The fraction of sp³-hybridized carbons (Fsp3) is 0.923. The normalized spacial score (nSPS) is 33.2. The van der Waals surface area contributed by atoms with Gasteiger partial charge in [-0.25, -0.2) is 8.78 Å². The van der Waals surface area contributed by atoms with E-state index >= 15 is 0 Å². The number of nitrogens with one attached hydrogen (secondary N) is 1. The molecule has 0 aromatic heterocycles. The second-order valence-corrected chi connectivity index (χ2v) is 5.75. The van der Waals surface area contributed by atoms with Crippen LogP contribution in [0.4, 0.5) is 8.78 Å². The maximum absolute atomic E-state index is 13.0. The number of halogens is 2. The van der Waals surface area contributed by atoms with E-state index in [1.165, 1.54) is 0 Å². The SMILES string of the molecule is O=C(O)C1CCNC(CC2CCC(F)(F)CC2)C1. The summed E-state index contributed by atoms with van der Waals surface area (Å²) in [5.74, 6) is -3.13. The number of piperidine rings is 1. The molecule has 2 N–H and O–H groups in total. The molecule has 1 aliphatic heterocycles. The summed E-state index contributed by atoms with van der Waals surface area (Å²) in [5.41, 5.74) is 0. The zero-order chi connectivity index (χ0) is 13.2. The Morgan fingerprint density at radius 1 is 1.28 bits per heavy atom. The lowest BCUT2D eigenvalue weighted by atomic mass is 9.80. The Bertz CT molecular complexity index is 299. The molecule has 0 amide bonds. The average molecular weight is 261 g/mol. The molecule has 2 unspecified atom stereocenters. The predicted molar refractivity (Wildman–Crippen MR) is 63.7 cm³/mol. The Balaban J connectivity index is 1.78. The van der Waals surface area contributed by atoms with Crippen molar-refractivity contribution in [3.63, 3.8) is 0 Å². The second-order valence-electron chi connectivity index (χ2n) is 5.75. The van der Waals surface area contributed by atoms with E-state index < -0.39 is 11.9 Å². The van der Waals surface area contributed by atoms with Crippen LogP contribution in [0.1, 0.15) is 44.9 Å². The minimum absolute atomic E-state index is 0.00720. The van der Waals surface area contributed by atoms with Crippen molar-refractivity contribution in [1.29, 1.82) is 0 Å². The smallest absolute Gasteiger partial charge is 0.306 e. The predicted octanol–water partition coefficient (Wildman–Crippen LogP) is 2.65. The second kappa shape index (κ2) is 5.51. The number of hydrogen-bond donors (Lipinski definition) is 2. The number of aliphatic carboxylic acids is 1. The highest BCUT2D eigenvalue weighted by Crippen LogP contribution is 2.38. The van der Waals surface area contributed by atoms with Crippen molar-refractivity contribution >= 4 is 5.97 Å². The van der Waals surface area contributed by atoms with Crippen molar-refractivity contribution in [2.45, 2.75) is 56.9 Å². The molecular formula is C13H21F2NO2. The van der Waals surface area contributed by atoms with Gasteiger partial charge in [-0.3, -0.25) is 4.79 Å². The fourth-order valence-electron chi connectivity index (χ4n) is 3.15. The first-order valence-electron chi connectivity index (χ1n) is 6.80. The zero-order valence-corrected chi connectivity index (χ0v) is 10.5. The number of hydrogen-bond acceptors (Lipinski definition) is 2. The van der Waals surface area contributed by atoms with Crippen LogP contribution in [-0.4, -0.2) is 29.6 Å². The summed E-state index contributed by atoms with van der Waals surface area (Å²) < 4.78 is 26.1. The van der Waals surface area contributed by atoms with Crippen molar-refractivity contribution in [2.75, 3.05) is 6.54 Å². The number of carboxylic acids is 1. The van der Waals surface area contributed by atoms with Gasteiger partial charge in [0.1, 0.15) is 0 Å². The van der Waals surface area contributed by atoms with E-state index in [0.717, 1.165) is 13.0 Å². The summed E-state index contributed by atoms with van der Waals surface area (Å²) in [6.07, 6.45) is 3.29. The first-order valence-corrected chi connectivity index (χ1v) is 6.80. The summed E-state index contributed by atoms with van der Waals surface area (Å²) >= 11 is 0. The molecule has 2 atom stereocenters. The maximum Gasteiger partial charge on any atom is 0.306 e. The quantitative estimate of drug-likeness (QED) is 0.821. The van der Waals surface area contributed by atoms with Crippen LogP contribution in [-0.2, 0) is 4.79 Å². The number of alkyl halides is 2. The minimum atomic E-state index is -2.47. The summed E-state index contributed by atoms with van der Waals surface area (Å²) in [6, 6.07) is 0.191. The van der Waals surface area contributed by atoms with Gasteiger partial charge in [-0.15, -0.1) is 0 Å². The van der Waals surface area contributed by atoms with Gasteiger partial charge in [-0.05, 0) is 44.6 Å². The van der Waals surface area contributed by atoms with E-state index in [1.807, 2.05) is 0 Å². The lowest BCUT2D eigenvalue weighted by Gasteiger charge is -2.34. The Morgan fingerprint density at radius 2 is 1.94 bits per heavy atom. The molecule has 0 radical (unpaired) electrons. The molecule has 5 heteroatoms. The largest absolute Gasteiger partial charge is 0.481 e. The molecular weight excluding hydrogens is 240 g/mol. The van der Waals surface area contributed by atoms with E-state index in [2.05, 4.69) is 5.32 Å². The van der Waals surface area contributed by atoms with Crippen molar-refractivity contribution < 1.29 is 18.7 Å². The van der Waals surface area contributed by atoms with Crippen molar-refractivity contribution in [2.24, 2.45) is 11.8 Å². The molecule has 2 rings (SSSR count). The Hall–Kier alpha value is -0.710. The van der Waals surface area contributed by atoms with Crippen LogP contribution < -0.4 is 5.32 Å². The molecule has 1 saturated carbocycles. The van der Waals surface area contributed by atoms with Crippen molar-refractivity contribution in [3.05, 3.63) is 0 Å². The molecule has 1 saturated heterocycles. The van der Waals surface area contributed by atoms with Crippen molar-refractivity contribution in [3.8, 4) is 0 Å². The lowest BCUT2D eigenvalue weighted by molar-refractivity contribution is -0.143.